The highest BCUT2D eigenvalue weighted by atomic mass is 16.5. The molecular formula is C34H28O. The van der Waals surface area contributed by atoms with Gasteiger partial charge in [-0.15, -0.1) is 0 Å². The van der Waals surface area contributed by atoms with E-state index in [2.05, 4.69) is 110 Å². The number of aryl methyl sites for hydroxylation is 2. The lowest BCUT2D eigenvalue weighted by Crippen LogP contribution is -2.34. The summed E-state index contributed by atoms with van der Waals surface area (Å²) in [6, 6.07) is 32.8. The molecule has 0 saturated carbocycles. The molecule has 1 aliphatic heterocycles. The average Bonchev–Trinajstić information content (AvgIpc) is 2.93. The molecule has 0 saturated heterocycles. The third kappa shape index (κ3) is 3.08. The van der Waals surface area contributed by atoms with Crippen LogP contribution in [-0.2, 0) is 18.4 Å². The van der Waals surface area contributed by atoms with Gasteiger partial charge in [-0.25, -0.2) is 0 Å². The minimum atomic E-state index is -0.663. The summed E-state index contributed by atoms with van der Waals surface area (Å²) in [5, 5.41) is 5.26. The Morgan fingerprint density at radius 2 is 1.37 bits per heavy atom. The summed E-state index contributed by atoms with van der Waals surface area (Å²) in [5.41, 5.74) is 7.18. The molecule has 0 bridgehead atoms. The largest absolute Gasteiger partial charge is 0.472 e. The van der Waals surface area contributed by atoms with Crippen LogP contribution in [0.1, 0.15) is 46.2 Å². The number of benzene rings is 5. The quantitative estimate of drug-likeness (QED) is 0.244. The molecule has 7 rings (SSSR count). The first kappa shape index (κ1) is 20.5. The summed E-state index contributed by atoms with van der Waals surface area (Å²) in [6.07, 6.45) is 9.40. The lowest BCUT2D eigenvalue weighted by atomic mass is 9.78. The van der Waals surface area contributed by atoms with Crippen molar-refractivity contribution >= 4 is 27.6 Å². The van der Waals surface area contributed by atoms with E-state index in [9.17, 15) is 0 Å². The van der Waals surface area contributed by atoms with Gasteiger partial charge in [-0.05, 0) is 72.0 Å². The van der Waals surface area contributed by atoms with E-state index >= 15 is 0 Å². The van der Waals surface area contributed by atoms with Crippen molar-refractivity contribution in [2.24, 2.45) is 0 Å². The number of rotatable bonds is 2. The van der Waals surface area contributed by atoms with Gasteiger partial charge < -0.3 is 4.74 Å². The third-order valence-corrected chi connectivity index (χ3v) is 7.94. The molecule has 1 atom stereocenters. The zero-order chi connectivity index (χ0) is 23.4. The van der Waals surface area contributed by atoms with Gasteiger partial charge in [0.15, 0.2) is 5.60 Å². The van der Waals surface area contributed by atoms with Crippen LogP contribution in [0.25, 0.3) is 27.6 Å². The Kier molecular flexibility index (Phi) is 4.60. The molecule has 0 radical (unpaired) electrons. The van der Waals surface area contributed by atoms with Gasteiger partial charge in [0.1, 0.15) is 5.75 Å². The second-order valence-electron chi connectivity index (χ2n) is 10.0. The van der Waals surface area contributed by atoms with E-state index in [0.29, 0.717) is 0 Å². The first-order valence-corrected chi connectivity index (χ1v) is 12.7. The molecule has 2 aliphatic rings. The average molecular weight is 453 g/mol. The fourth-order valence-corrected chi connectivity index (χ4v) is 6.19. The highest BCUT2D eigenvalue weighted by Crippen LogP contribution is 2.49. The van der Waals surface area contributed by atoms with Crippen molar-refractivity contribution in [2.45, 2.75) is 38.2 Å². The molecule has 1 heteroatoms. The number of fused-ring (bicyclic) bond motifs is 8. The van der Waals surface area contributed by atoms with Crippen molar-refractivity contribution in [3.05, 3.63) is 130 Å². The topological polar surface area (TPSA) is 9.23 Å². The van der Waals surface area contributed by atoms with Crippen LogP contribution in [0.2, 0.25) is 0 Å². The number of hydrogen-bond acceptors (Lipinski definition) is 1. The van der Waals surface area contributed by atoms with Crippen molar-refractivity contribution in [3.8, 4) is 5.75 Å². The van der Waals surface area contributed by atoms with Gasteiger partial charge in [-0.1, -0.05) is 96.6 Å². The number of ether oxygens (including phenoxy) is 1. The van der Waals surface area contributed by atoms with Crippen LogP contribution < -0.4 is 4.74 Å². The first-order valence-electron chi connectivity index (χ1n) is 12.7. The molecule has 5 aromatic rings. The van der Waals surface area contributed by atoms with Gasteiger partial charge in [-0.3, -0.25) is 0 Å². The van der Waals surface area contributed by atoms with Gasteiger partial charge in [0.2, 0.25) is 0 Å². The second kappa shape index (κ2) is 7.85. The van der Waals surface area contributed by atoms with E-state index in [0.717, 1.165) is 29.7 Å². The second-order valence-corrected chi connectivity index (χ2v) is 10.0. The van der Waals surface area contributed by atoms with E-state index in [1.807, 2.05) is 0 Å². The van der Waals surface area contributed by atoms with Crippen LogP contribution in [0.5, 0.6) is 5.75 Å². The smallest absolute Gasteiger partial charge is 0.178 e. The molecule has 1 aliphatic carbocycles. The van der Waals surface area contributed by atoms with Crippen LogP contribution >= 0.6 is 0 Å². The van der Waals surface area contributed by atoms with Crippen LogP contribution in [0.15, 0.2) is 97.1 Å². The molecule has 1 nitrogen and oxygen atoms in total. The highest BCUT2D eigenvalue weighted by Gasteiger charge is 2.39. The fourth-order valence-electron chi connectivity index (χ4n) is 6.19. The van der Waals surface area contributed by atoms with E-state index in [1.54, 1.807) is 0 Å². The Morgan fingerprint density at radius 1 is 0.657 bits per heavy atom. The molecule has 0 aromatic heterocycles. The maximum absolute atomic E-state index is 7.27. The van der Waals surface area contributed by atoms with Crippen LogP contribution in [0, 0.1) is 6.92 Å². The van der Waals surface area contributed by atoms with Gasteiger partial charge in [0.25, 0.3) is 0 Å². The molecule has 1 unspecified atom stereocenters. The predicted octanol–water partition coefficient (Wildman–Crippen LogP) is 8.53. The zero-order valence-electron chi connectivity index (χ0n) is 20.1. The third-order valence-electron chi connectivity index (χ3n) is 7.94. The van der Waals surface area contributed by atoms with Crippen molar-refractivity contribution in [1.82, 2.24) is 0 Å². The fraction of sp³-hybridized carbons (Fsp3) is 0.176. The Morgan fingerprint density at radius 3 is 2.20 bits per heavy atom. The minimum absolute atomic E-state index is 0.663. The maximum atomic E-state index is 7.27. The normalized spacial score (nSPS) is 18.8. The van der Waals surface area contributed by atoms with Gasteiger partial charge >= 0.3 is 0 Å². The minimum Gasteiger partial charge on any atom is -0.472 e. The molecule has 0 N–H and O–H groups in total. The monoisotopic (exact) mass is 452 g/mol. The summed E-state index contributed by atoms with van der Waals surface area (Å²) in [4.78, 5) is 0. The van der Waals surface area contributed by atoms with Crippen molar-refractivity contribution in [2.75, 3.05) is 0 Å². The Bertz CT molecular complexity index is 1610. The summed E-state index contributed by atoms with van der Waals surface area (Å²) >= 11 is 0. The molecular weight excluding hydrogens is 424 g/mol. The SMILES string of the molecule is Cc1ccc(C2(c3ccccc3)C=Cc3c4c(c5c(ccc6ccccc65)c3O2)CCCC4)cc1. The molecule has 0 amide bonds. The Hall–Kier alpha value is -3.84. The lowest BCUT2D eigenvalue weighted by Gasteiger charge is -2.38. The highest BCUT2D eigenvalue weighted by molar-refractivity contribution is 6.13. The van der Waals surface area contributed by atoms with E-state index < -0.39 is 5.60 Å². The Labute approximate surface area is 206 Å². The molecule has 1 heterocycles. The molecule has 35 heavy (non-hydrogen) atoms. The van der Waals surface area contributed by atoms with Crippen LogP contribution in [-0.4, -0.2) is 0 Å². The lowest BCUT2D eigenvalue weighted by molar-refractivity contribution is 0.163. The first-order chi connectivity index (χ1) is 17.2. The van der Waals surface area contributed by atoms with Crippen LogP contribution in [0.4, 0.5) is 0 Å². The number of hydrogen-bond donors (Lipinski definition) is 0. The predicted molar refractivity (Wildman–Crippen MR) is 146 cm³/mol. The van der Waals surface area contributed by atoms with E-state index in [4.69, 9.17) is 4.74 Å². The van der Waals surface area contributed by atoms with Crippen molar-refractivity contribution < 1.29 is 4.74 Å². The summed E-state index contributed by atoms with van der Waals surface area (Å²) in [7, 11) is 0. The maximum Gasteiger partial charge on any atom is 0.178 e. The van der Waals surface area contributed by atoms with Gasteiger partial charge in [0, 0.05) is 22.1 Å². The van der Waals surface area contributed by atoms with Gasteiger partial charge in [-0.2, -0.15) is 0 Å². The Balaban J connectivity index is 1.56. The van der Waals surface area contributed by atoms with Crippen LogP contribution in [0.3, 0.4) is 0 Å². The summed E-state index contributed by atoms with van der Waals surface area (Å²) < 4.78 is 7.27. The molecule has 0 fully saturated rings. The zero-order valence-corrected chi connectivity index (χ0v) is 20.1. The standard InChI is InChI=1S/C34H28O/c1-23-15-18-26(19-16-23)34(25-10-3-2-4-11-25)22-21-30-28-13-7-8-14-29(28)32-27-12-6-5-9-24(27)17-20-31(32)33(30)35-34/h2-6,9-12,15-22H,7-8,13-14H2,1H3. The molecule has 170 valence electrons. The molecule has 5 aromatic carbocycles. The van der Waals surface area contributed by atoms with E-state index in [-0.39, 0.29) is 0 Å². The van der Waals surface area contributed by atoms with Crippen molar-refractivity contribution in [1.29, 1.82) is 0 Å². The van der Waals surface area contributed by atoms with E-state index in [1.165, 1.54) is 56.6 Å². The summed E-state index contributed by atoms with van der Waals surface area (Å²) in [6.45, 7) is 2.14. The van der Waals surface area contributed by atoms with Crippen molar-refractivity contribution in [3.63, 3.8) is 0 Å². The molecule has 0 spiro atoms. The summed E-state index contributed by atoms with van der Waals surface area (Å²) in [5.74, 6) is 1.03. The van der Waals surface area contributed by atoms with Gasteiger partial charge in [0.05, 0.1) is 0 Å².